The van der Waals surface area contributed by atoms with E-state index in [0.29, 0.717) is 11.8 Å². The predicted molar refractivity (Wildman–Crippen MR) is 223 cm³/mol. The first kappa shape index (κ1) is 38.9. The van der Waals surface area contributed by atoms with E-state index in [1.54, 1.807) is 12.1 Å². The summed E-state index contributed by atoms with van der Waals surface area (Å²) in [6.45, 7) is 11.0. The van der Waals surface area contributed by atoms with Gasteiger partial charge in [-0.15, -0.1) is 30.6 Å². The zero-order valence-electron chi connectivity index (χ0n) is 31.4. The Morgan fingerprint density at radius 3 is 1.69 bits per heavy atom. The third-order valence-corrected chi connectivity index (χ3v) is 9.36. The molecule has 8 rings (SSSR count). The molecule has 6 heteroatoms. The van der Waals surface area contributed by atoms with Crippen molar-refractivity contribution in [2.24, 2.45) is 0 Å². The van der Waals surface area contributed by atoms with Crippen LogP contribution in [-0.4, -0.2) is 15.1 Å². The van der Waals surface area contributed by atoms with Crippen LogP contribution >= 0.6 is 0 Å². The normalized spacial score (nSPS) is 12.0. The number of nitrogens with zero attached hydrogens (tertiary/aromatic N) is 4. The summed E-state index contributed by atoms with van der Waals surface area (Å²) in [7, 11) is 0. The van der Waals surface area contributed by atoms with E-state index in [1.807, 2.05) is 114 Å². The van der Waals surface area contributed by atoms with E-state index in [0.717, 1.165) is 33.9 Å². The van der Waals surface area contributed by atoms with Gasteiger partial charge < -0.3 is 14.9 Å². The fourth-order valence-corrected chi connectivity index (χ4v) is 6.63. The van der Waals surface area contributed by atoms with Gasteiger partial charge in [-0.1, -0.05) is 123 Å². The summed E-state index contributed by atoms with van der Waals surface area (Å²) in [4.78, 5) is 13.1. The van der Waals surface area contributed by atoms with E-state index >= 15 is 0 Å². The van der Waals surface area contributed by atoms with Gasteiger partial charge in [-0.05, 0) is 76.3 Å². The SMILES string of the molecule is CC(C)c1cc(-c2ccccc2)cc(C(C)C)c1-c1cc(-c2ccccn2)[c-]c(-c2ccccn2)c1.Oc1ccccc1N1C=CN(c2[c-]cccc2)[CH-]1.[Ir+3]. The van der Waals surface area contributed by atoms with Crippen LogP contribution in [0.5, 0.6) is 5.75 Å². The molecule has 0 atom stereocenters. The van der Waals surface area contributed by atoms with Crippen LogP contribution in [0.15, 0.2) is 164 Å². The average Bonchev–Trinajstić information content (AvgIpc) is 3.72. The molecule has 2 aromatic heterocycles. The van der Waals surface area contributed by atoms with Gasteiger partial charge in [0.1, 0.15) is 5.75 Å². The van der Waals surface area contributed by atoms with Crippen molar-refractivity contribution in [3.05, 3.63) is 194 Å². The van der Waals surface area contributed by atoms with Crippen molar-refractivity contribution in [2.45, 2.75) is 39.5 Å². The number of aromatic hydroxyl groups is 1. The Bertz CT molecular complexity index is 2240. The second kappa shape index (κ2) is 18.0. The number of hydrogen-bond donors (Lipinski definition) is 1. The van der Waals surface area contributed by atoms with E-state index in [4.69, 9.17) is 0 Å². The van der Waals surface area contributed by atoms with Gasteiger partial charge in [0, 0.05) is 23.8 Å². The van der Waals surface area contributed by atoms with Gasteiger partial charge in [0.25, 0.3) is 0 Å². The topological polar surface area (TPSA) is 52.5 Å². The minimum absolute atomic E-state index is 0. The predicted octanol–water partition coefficient (Wildman–Crippen LogP) is 12.3. The second-order valence-electron chi connectivity index (χ2n) is 13.8. The van der Waals surface area contributed by atoms with E-state index in [9.17, 15) is 5.11 Å². The summed E-state index contributed by atoms with van der Waals surface area (Å²) >= 11 is 0. The molecule has 7 aromatic rings. The smallest absolute Gasteiger partial charge is 0.506 e. The summed E-state index contributed by atoms with van der Waals surface area (Å²) in [5.74, 6) is 0.987. The van der Waals surface area contributed by atoms with Crippen molar-refractivity contribution in [1.82, 2.24) is 9.97 Å². The summed E-state index contributed by atoms with van der Waals surface area (Å²) in [6.07, 6.45) is 7.50. The molecule has 0 saturated heterocycles. The number of rotatable bonds is 8. The van der Waals surface area contributed by atoms with Gasteiger partial charge in [-0.2, -0.15) is 30.3 Å². The number of pyridine rings is 2. The molecule has 0 saturated carbocycles. The fourth-order valence-electron chi connectivity index (χ4n) is 6.63. The van der Waals surface area contributed by atoms with Crippen molar-refractivity contribution < 1.29 is 25.2 Å². The number of benzene rings is 5. The van der Waals surface area contributed by atoms with Gasteiger partial charge in [-0.3, -0.25) is 9.97 Å². The van der Waals surface area contributed by atoms with E-state index in [-0.39, 0.29) is 25.9 Å². The third-order valence-electron chi connectivity index (χ3n) is 9.36. The first-order valence-electron chi connectivity index (χ1n) is 18.3. The molecule has 274 valence electrons. The molecule has 1 aliphatic rings. The molecule has 0 aliphatic carbocycles. The molecule has 0 fully saturated rings. The van der Waals surface area contributed by atoms with Gasteiger partial charge >= 0.3 is 20.1 Å². The Morgan fingerprint density at radius 1 is 0.582 bits per heavy atom. The van der Waals surface area contributed by atoms with E-state index in [2.05, 4.69) is 104 Å². The number of hydrogen-bond acceptors (Lipinski definition) is 5. The molecular formula is C49H43IrN4O. The first-order chi connectivity index (χ1) is 26.4. The number of para-hydroxylation sites is 3. The van der Waals surface area contributed by atoms with Gasteiger partial charge in [-0.25, -0.2) is 0 Å². The Hall–Kier alpha value is -5.81. The maximum atomic E-state index is 9.81. The summed E-state index contributed by atoms with van der Waals surface area (Å²) < 4.78 is 0. The first-order valence-corrected chi connectivity index (χ1v) is 18.3. The van der Waals surface area contributed by atoms with Crippen molar-refractivity contribution in [1.29, 1.82) is 0 Å². The molecule has 55 heavy (non-hydrogen) atoms. The fraction of sp³-hybridized carbons (Fsp3) is 0.122. The molecule has 1 N–H and O–H groups in total. The number of anilines is 2. The van der Waals surface area contributed by atoms with Crippen LogP contribution in [0, 0.1) is 18.8 Å². The summed E-state index contributed by atoms with van der Waals surface area (Å²) in [5, 5.41) is 9.81. The van der Waals surface area contributed by atoms with Crippen molar-refractivity contribution >= 4 is 11.4 Å². The van der Waals surface area contributed by atoms with Crippen LogP contribution in [0.2, 0.25) is 0 Å². The van der Waals surface area contributed by atoms with Gasteiger partial charge in [0.2, 0.25) is 0 Å². The third kappa shape index (κ3) is 9.12. The molecule has 0 radical (unpaired) electrons. The van der Waals surface area contributed by atoms with E-state index in [1.165, 1.54) is 33.4 Å². The molecular weight excluding hydrogens is 853 g/mol. The van der Waals surface area contributed by atoms with Crippen LogP contribution in [0.3, 0.4) is 0 Å². The van der Waals surface area contributed by atoms with Gasteiger partial charge in [0.05, 0.1) is 5.69 Å². The minimum atomic E-state index is 0. The van der Waals surface area contributed by atoms with Gasteiger partial charge in [0.15, 0.2) is 0 Å². The summed E-state index contributed by atoms with van der Waals surface area (Å²) in [5.41, 5.74) is 13.2. The number of phenolic OH excluding ortho intramolecular Hbond substituents is 1. The number of aromatic nitrogens is 2. The standard InChI is InChI=1S/C34H31N2.C15H12N2O.Ir/c1-23(2)30-21-26(25-12-6-5-7-13-25)22-31(24(3)4)34(30)29-19-27(32-14-8-10-16-35-32)18-28(20-29)33-15-9-11-17-36-33;18-15-9-5-4-8-14(15)17-11-10-16(12-17)13-6-2-1-3-7-13;/h5-17,19-24H,1-4H3;1-6,8-12,18H;/q-1;-2;+3. The zero-order valence-corrected chi connectivity index (χ0v) is 33.8. The molecule has 0 amide bonds. The van der Waals surface area contributed by atoms with Crippen molar-refractivity contribution in [3.8, 4) is 50.5 Å². The maximum absolute atomic E-state index is 9.81. The monoisotopic (exact) mass is 896 g/mol. The minimum Gasteiger partial charge on any atom is -0.506 e. The van der Waals surface area contributed by atoms with E-state index < -0.39 is 0 Å². The number of phenols is 1. The average molecular weight is 896 g/mol. The molecule has 0 unspecified atom stereocenters. The van der Waals surface area contributed by atoms with Crippen molar-refractivity contribution in [3.63, 3.8) is 0 Å². The van der Waals surface area contributed by atoms with Crippen molar-refractivity contribution in [2.75, 3.05) is 9.80 Å². The summed E-state index contributed by atoms with van der Waals surface area (Å²) in [6, 6.07) is 53.7. The molecule has 1 aliphatic heterocycles. The van der Waals surface area contributed by atoms with Crippen LogP contribution in [0.4, 0.5) is 11.4 Å². The van der Waals surface area contributed by atoms with Crippen LogP contribution in [0.25, 0.3) is 44.8 Å². The largest absolute Gasteiger partial charge is 3.00 e. The molecule has 5 nitrogen and oxygen atoms in total. The maximum Gasteiger partial charge on any atom is 3.00 e. The Balaban J connectivity index is 0.000000227. The second-order valence-corrected chi connectivity index (χ2v) is 13.8. The molecule has 0 spiro atoms. The molecule has 3 heterocycles. The van der Waals surface area contributed by atoms with Crippen LogP contribution in [-0.2, 0) is 20.1 Å². The quantitative estimate of drug-likeness (QED) is 0.154. The molecule has 5 aromatic carbocycles. The Kier molecular flexibility index (Phi) is 12.7. The molecule has 0 bridgehead atoms. The van der Waals surface area contributed by atoms with Crippen LogP contribution in [0.1, 0.15) is 50.7 Å². The zero-order chi connectivity index (χ0) is 37.4. The van der Waals surface area contributed by atoms with Crippen LogP contribution < -0.4 is 9.80 Å². The Morgan fingerprint density at radius 2 is 1.15 bits per heavy atom. The Labute approximate surface area is 339 Å².